The zero-order valence-corrected chi connectivity index (χ0v) is 14.4. The van der Waals surface area contributed by atoms with Gasteiger partial charge in [-0.1, -0.05) is 15.9 Å². The Morgan fingerprint density at radius 3 is 2.43 bits per heavy atom. The molecule has 1 heterocycles. The van der Waals surface area contributed by atoms with Gasteiger partial charge in [-0.05, 0) is 18.2 Å². The maximum atomic E-state index is 12.5. The zero-order valence-electron chi connectivity index (χ0n) is 12.8. The molecule has 2 aromatic carbocycles. The number of benzene rings is 2. The molecule has 0 unspecified atom stereocenters. The Labute approximate surface area is 142 Å². The van der Waals surface area contributed by atoms with E-state index in [0.29, 0.717) is 23.7 Å². The van der Waals surface area contributed by atoms with Gasteiger partial charge in [0.25, 0.3) is 5.91 Å². The highest BCUT2D eigenvalue weighted by atomic mass is 79.9. The summed E-state index contributed by atoms with van der Waals surface area (Å²) in [5.41, 5.74) is 1.65. The van der Waals surface area contributed by atoms with Crippen molar-refractivity contribution in [1.29, 1.82) is 0 Å². The van der Waals surface area contributed by atoms with E-state index in [4.69, 9.17) is 14.2 Å². The average molecular weight is 378 g/mol. The largest absolute Gasteiger partial charge is 0.497 e. The summed E-state index contributed by atoms with van der Waals surface area (Å²) in [5.74, 6) is 1.87. The van der Waals surface area contributed by atoms with E-state index in [9.17, 15) is 4.79 Å². The molecule has 3 rings (SSSR count). The molecule has 0 N–H and O–H groups in total. The molecule has 6 heteroatoms. The number of rotatable bonds is 3. The molecular formula is C17H16BrNO4. The van der Waals surface area contributed by atoms with E-state index in [1.165, 1.54) is 0 Å². The highest BCUT2D eigenvalue weighted by Gasteiger charge is 2.24. The monoisotopic (exact) mass is 377 g/mol. The molecule has 120 valence electrons. The predicted molar refractivity (Wildman–Crippen MR) is 90.4 cm³/mol. The van der Waals surface area contributed by atoms with E-state index in [-0.39, 0.29) is 12.5 Å². The maximum absolute atomic E-state index is 12.5. The Kier molecular flexibility index (Phi) is 4.43. The van der Waals surface area contributed by atoms with Gasteiger partial charge in [-0.15, -0.1) is 0 Å². The van der Waals surface area contributed by atoms with E-state index in [1.807, 2.05) is 30.3 Å². The van der Waals surface area contributed by atoms with Crippen LogP contribution in [0.2, 0.25) is 0 Å². The lowest BCUT2D eigenvalue weighted by Gasteiger charge is -2.21. The van der Waals surface area contributed by atoms with Crippen molar-refractivity contribution >= 4 is 27.5 Å². The van der Waals surface area contributed by atoms with Gasteiger partial charge in [-0.25, -0.2) is 0 Å². The van der Waals surface area contributed by atoms with Crippen molar-refractivity contribution in [3.8, 4) is 17.2 Å². The number of amides is 1. The topological polar surface area (TPSA) is 48.0 Å². The van der Waals surface area contributed by atoms with Crippen LogP contribution in [0.15, 0.2) is 40.9 Å². The summed E-state index contributed by atoms with van der Waals surface area (Å²) < 4.78 is 17.1. The van der Waals surface area contributed by atoms with Crippen LogP contribution in [0.4, 0.5) is 5.69 Å². The third-order valence-electron chi connectivity index (χ3n) is 3.65. The number of hydrogen-bond donors (Lipinski definition) is 0. The number of methoxy groups -OCH3 is 2. The van der Waals surface area contributed by atoms with Crippen LogP contribution >= 0.6 is 15.9 Å². The smallest absolute Gasteiger partial charge is 0.265 e. The third kappa shape index (κ3) is 3.27. The second kappa shape index (κ2) is 6.50. The normalized spacial score (nSPS) is 13.9. The first-order valence-electron chi connectivity index (χ1n) is 7.05. The maximum Gasteiger partial charge on any atom is 0.265 e. The second-order valence-electron chi connectivity index (χ2n) is 5.09. The van der Waals surface area contributed by atoms with E-state index in [2.05, 4.69) is 15.9 Å². The molecule has 0 fully saturated rings. The summed E-state index contributed by atoms with van der Waals surface area (Å²) >= 11 is 3.45. The Morgan fingerprint density at radius 2 is 1.78 bits per heavy atom. The predicted octanol–water partition coefficient (Wildman–Crippen LogP) is 3.39. The van der Waals surface area contributed by atoms with Crippen molar-refractivity contribution in [2.45, 2.75) is 6.54 Å². The van der Waals surface area contributed by atoms with Crippen LogP contribution in [0.3, 0.4) is 0 Å². The molecule has 0 aliphatic carbocycles. The first-order chi connectivity index (χ1) is 11.1. The van der Waals surface area contributed by atoms with Crippen molar-refractivity contribution in [3.05, 3.63) is 46.4 Å². The Bertz CT molecular complexity index is 725. The van der Waals surface area contributed by atoms with Crippen LogP contribution in [0.25, 0.3) is 0 Å². The minimum atomic E-state index is -0.118. The molecule has 5 nitrogen and oxygen atoms in total. The molecule has 0 saturated heterocycles. The minimum Gasteiger partial charge on any atom is -0.497 e. The lowest BCUT2D eigenvalue weighted by Crippen LogP contribution is -2.32. The lowest BCUT2D eigenvalue weighted by atomic mass is 10.1. The number of halogens is 1. The fraction of sp³-hybridized carbons (Fsp3) is 0.235. The number of carbonyl (C=O) groups excluding carboxylic acids is 1. The summed E-state index contributed by atoms with van der Waals surface area (Å²) in [6.45, 7) is 0.415. The standard InChI is InChI=1S/C17H16BrNO4/c1-21-14-6-13(7-15(8-14)22-2)19-9-11-5-12(18)3-4-16(11)23-10-17(19)20/h3-8H,9-10H2,1-2H3. The first-order valence-corrected chi connectivity index (χ1v) is 7.84. The van der Waals surface area contributed by atoms with Crippen molar-refractivity contribution in [2.75, 3.05) is 25.7 Å². The van der Waals surface area contributed by atoms with Gasteiger partial charge in [-0.3, -0.25) is 4.79 Å². The molecule has 1 amide bonds. The number of ether oxygens (including phenoxy) is 3. The van der Waals surface area contributed by atoms with Gasteiger partial charge in [0.1, 0.15) is 17.2 Å². The van der Waals surface area contributed by atoms with Crippen LogP contribution in [0.1, 0.15) is 5.56 Å². The quantitative estimate of drug-likeness (QED) is 0.822. The van der Waals surface area contributed by atoms with Gasteiger partial charge in [0, 0.05) is 28.2 Å². The Morgan fingerprint density at radius 1 is 1.09 bits per heavy atom. The Balaban J connectivity index is 2.02. The van der Waals surface area contributed by atoms with Gasteiger partial charge < -0.3 is 19.1 Å². The van der Waals surface area contributed by atoms with Crippen LogP contribution < -0.4 is 19.1 Å². The van der Waals surface area contributed by atoms with Crippen LogP contribution in [0, 0.1) is 0 Å². The molecule has 1 aliphatic heterocycles. The fourth-order valence-electron chi connectivity index (χ4n) is 2.47. The van der Waals surface area contributed by atoms with Crippen molar-refractivity contribution in [2.24, 2.45) is 0 Å². The van der Waals surface area contributed by atoms with E-state index < -0.39 is 0 Å². The molecule has 0 bridgehead atoms. The average Bonchev–Trinajstić information content (AvgIpc) is 2.73. The summed E-state index contributed by atoms with van der Waals surface area (Å²) in [6, 6.07) is 11.1. The van der Waals surface area contributed by atoms with Gasteiger partial charge in [-0.2, -0.15) is 0 Å². The van der Waals surface area contributed by atoms with Crippen molar-refractivity contribution < 1.29 is 19.0 Å². The molecular weight excluding hydrogens is 362 g/mol. The van der Waals surface area contributed by atoms with E-state index in [0.717, 1.165) is 15.8 Å². The molecule has 0 radical (unpaired) electrons. The summed E-state index contributed by atoms with van der Waals surface area (Å²) in [5, 5.41) is 0. The SMILES string of the molecule is COc1cc(OC)cc(N2Cc3cc(Br)ccc3OCC2=O)c1. The van der Waals surface area contributed by atoms with Crippen LogP contribution in [-0.4, -0.2) is 26.7 Å². The zero-order chi connectivity index (χ0) is 16.4. The lowest BCUT2D eigenvalue weighted by molar-refractivity contribution is -0.120. The number of fused-ring (bicyclic) bond motifs is 1. The van der Waals surface area contributed by atoms with Gasteiger partial charge >= 0.3 is 0 Å². The second-order valence-corrected chi connectivity index (χ2v) is 6.01. The molecule has 23 heavy (non-hydrogen) atoms. The molecule has 0 spiro atoms. The van der Waals surface area contributed by atoms with Crippen molar-refractivity contribution in [1.82, 2.24) is 0 Å². The van der Waals surface area contributed by atoms with Gasteiger partial charge in [0.05, 0.1) is 26.5 Å². The Hall–Kier alpha value is -2.21. The molecule has 1 aliphatic rings. The summed E-state index contributed by atoms with van der Waals surface area (Å²) in [7, 11) is 3.16. The van der Waals surface area contributed by atoms with E-state index in [1.54, 1.807) is 25.2 Å². The summed E-state index contributed by atoms with van der Waals surface area (Å²) in [4.78, 5) is 14.1. The van der Waals surface area contributed by atoms with Crippen molar-refractivity contribution in [3.63, 3.8) is 0 Å². The van der Waals surface area contributed by atoms with Crippen LogP contribution in [-0.2, 0) is 11.3 Å². The first kappa shape index (κ1) is 15.7. The molecule has 0 aromatic heterocycles. The summed E-state index contributed by atoms with van der Waals surface area (Å²) in [6.07, 6.45) is 0. The van der Waals surface area contributed by atoms with Crippen LogP contribution in [0.5, 0.6) is 17.2 Å². The third-order valence-corrected chi connectivity index (χ3v) is 4.14. The highest BCUT2D eigenvalue weighted by Crippen LogP contribution is 2.33. The fourth-order valence-corrected chi connectivity index (χ4v) is 2.88. The highest BCUT2D eigenvalue weighted by molar-refractivity contribution is 9.10. The van der Waals surface area contributed by atoms with Gasteiger partial charge in [0.15, 0.2) is 6.61 Å². The molecule has 0 atom stereocenters. The minimum absolute atomic E-state index is 0.00580. The number of nitrogens with zero attached hydrogens (tertiary/aromatic N) is 1. The molecule has 0 saturated carbocycles. The molecule has 2 aromatic rings. The van der Waals surface area contributed by atoms with Gasteiger partial charge in [0.2, 0.25) is 0 Å². The number of carbonyl (C=O) groups is 1. The van der Waals surface area contributed by atoms with E-state index >= 15 is 0 Å². The number of hydrogen-bond acceptors (Lipinski definition) is 4. The number of anilines is 1.